The van der Waals surface area contributed by atoms with Gasteiger partial charge in [-0.2, -0.15) is 5.10 Å². The Bertz CT molecular complexity index is 839. The molecular formula is C20H23N3S. The van der Waals surface area contributed by atoms with Crippen molar-refractivity contribution in [1.29, 1.82) is 0 Å². The second-order valence-electron chi connectivity index (χ2n) is 6.76. The molecule has 0 spiro atoms. The maximum absolute atomic E-state index is 4.86. The standard InChI is InChI=1S/C20H23N3S/c1-3-21-20-23(22-12-18-11-15-6-9-17(18)10-15)19(13-24-20)16-7-4-14(2)5-8-16/h4-9,12-13,15,17-18H,3,10-11H2,1-2H3. The first-order valence-corrected chi connectivity index (χ1v) is 9.63. The second kappa shape index (κ2) is 6.52. The molecule has 4 rings (SSSR count). The summed E-state index contributed by atoms with van der Waals surface area (Å²) in [4.78, 5) is 5.59. The van der Waals surface area contributed by atoms with Gasteiger partial charge in [0.15, 0.2) is 0 Å². The first-order chi connectivity index (χ1) is 11.7. The van der Waals surface area contributed by atoms with Crippen LogP contribution in [0.25, 0.3) is 11.3 Å². The van der Waals surface area contributed by atoms with Gasteiger partial charge in [0.1, 0.15) is 0 Å². The van der Waals surface area contributed by atoms with E-state index in [1.807, 2.05) is 4.68 Å². The molecule has 0 amide bonds. The maximum atomic E-state index is 4.86. The summed E-state index contributed by atoms with van der Waals surface area (Å²) in [6.45, 7) is 4.96. The average molecular weight is 337 g/mol. The molecule has 0 radical (unpaired) electrons. The van der Waals surface area contributed by atoms with Crippen LogP contribution in [0.4, 0.5) is 0 Å². The van der Waals surface area contributed by atoms with Gasteiger partial charge in [-0.05, 0) is 38.5 Å². The number of aromatic nitrogens is 1. The van der Waals surface area contributed by atoms with Crippen LogP contribution in [0.3, 0.4) is 0 Å². The van der Waals surface area contributed by atoms with Gasteiger partial charge in [0.2, 0.25) is 4.80 Å². The molecule has 1 heterocycles. The van der Waals surface area contributed by atoms with Gasteiger partial charge in [0.05, 0.1) is 5.69 Å². The molecule has 1 saturated carbocycles. The SMILES string of the molecule is CCN=c1scc(-c2ccc(C)cc2)n1N=CC1CC2C=CC1C2. The van der Waals surface area contributed by atoms with Crippen LogP contribution in [0.15, 0.2) is 51.9 Å². The van der Waals surface area contributed by atoms with Crippen molar-refractivity contribution < 1.29 is 0 Å². The van der Waals surface area contributed by atoms with E-state index in [2.05, 4.69) is 66.9 Å². The predicted molar refractivity (Wildman–Crippen MR) is 101 cm³/mol. The third kappa shape index (κ3) is 2.91. The number of rotatable bonds is 4. The van der Waals surface area contributed by atoms with E-state index in [4.69, 9.17) is 5.10 Å². The zero-order chi connectivity index (χ0) is 16.5. The second-order valence-corrected chi connectivity index (χ2v) is 7.60. The molecule has 2 aliphatic carbocycles. The maximum Gasteiger partial charge on any atom is 0.206 e. The average Bonchev–Trinajstić information content (AvgIpc) is 3.30. The van der Waals surface area contributed by atoms with E-state index in [9.17, 15) is 0 Å². The van der Waals surface area contributed by atoms with Gasteiger partial charge in [0, 0.05) is 29.6 Å². The van der Waals surface area contributed by atoms with Crippen molar-refractivity contribution in [2.24, 2.45) is 27.8 Å². The van der Waals surface area contributed by atoms with Crippen molar-refractivity contribution in [3.8, 4) is 11.3 Å². The van der Waals surface area contributed by atoms with Crippen LogP contribution >= 0.6 is 11.3 Å². The van der Waals surface area contributed by atoms with Crippen LogP contribution in [-0.2, 0) is 0 Å². The summed E-state index contributed by atoms with van der Waals surface area (Å²) >= 11 is 1.67. The van der Waals surface area contributed by atoms with Gasteiger partial charge < -0.3 is 0 Å². The zero-order valence-electron chi connectivity index (χ0n) is 14.2. The quantitative estimate of drug-likeness (QED) is 0.581. The summed E-state index contributed by atoms with van der Waals surface area (Å²) in [5, 5.41) is 7.02. The summed E-state index contributed by atoms with van der Waals surface area (Å²) in [5.74, 6) is 2.04. The molecule has 3 unspecified atom stereocenters. The van der Waals surface area contributed by atoms with Gasteiger partial charge in [-0.15, -0.1) is 11.3 Å². The number of hydrogen-bond donors (Lipinski definition) is 0. The highest BCUT2D eigenvalue weighted by molar-refractivity contribution is 7.07. The van der Waals surface area contributed by atoms with E-state index in [-0.39, 0.29) is 0 Å². The van der Waals surface area contributed by atoms with E-state index in [1.165, 1.54) is 24.0 Å². The molecule has 3 atom stereocenters. The zero-order valence-corrected chi connectivity index (χ0v) is 15.0. The normalized spacial score (nSPS) is 26.1. The first-order valence-electron chi connectivity index (χ1n) is 8.75. The van der Waals surface area contributed by atoms with Crippen molar-refractivity contribution in [2.45, 2.75) is 26.7 Å². The van der Waals surface area contributed by atoms with Crippen molar-refractivity contribution in [2.75, 3.05) is 6.54 Å². The largest absolute Gasteiger partial charge is 0.258 e. The van der Waals surface area contributed by atoms with E-state index in [1.54, 1.807) is 11.3 Å². The Hall–Kier alpha value is -1.94. The van der Waals surface area contributed by atoms with Crippen LogP contribution in [0, 0.1) is 24.7 Å². The van der Waals surface area contributed by atoms with E-state index in [0.29, 0.717) is 11.8 Å². The summed E-state index contributed by atoms with van der Waals surface area (Å²) in [6.07, 6.45) is 9.47. The Labute approximate surface area is 147 Å². The van der Waals surface area contributed by atoms with Crippen molar-refractivity contribution in [3.63, 3.8) is 0 Å². The highest BCUT2D eigenvalue weighted by Crippen LogP contribution is 2.42. The number of aryl methyl sites for hydroxylation is 1. The smallest absolute Gasteiger partial charge is 0.206 e. The van der Waals surface area contributed by atoms with Crippen LogP contribution in [0.1, 0.15) is 25.3 Å². The molecule has 0 aliphatic heterocycles. The topological polar surface area (TPSA) is 29.6 Å². The van der Waals surface area contributed by atoms with Gasteiger partial charge in [0.25, 0.3) is 0 Å². The molecule has 2 bridgehead atoms. The molecule has 0 N–H and O–H groups in total. The minimum Gasteiger partial charge on any atom is -0.258 e. The molecule has 0 saturated heterocycles. The number of thiazole rings is 1. The van der Waals surface area contributed by atoms with Gasteiger partial charge in [-0.3, -0.25) is 4.99 Å². The molecule has 1 aromatic carbocycles. The third-order valence-corrected chi connectivity index (χ3v) is 5.88. The summed E-state index contributed by atoms with van der Waals surface area (Å²) in [7, 11) is 0. The summed E-state index contributed by atoms with van der Waals surface area (Å²) < 4.78 is 2.02. The van der Waals surface area contributed by atoms with Crippen molar-refractivity contribution in [1.82, 2.24) is 4.68 Å². The molecule has 2 aliphatic rings. The Morgan fingerprint density at radius 2 is 2.04 bits per heavy atom. The predicted octanol–water partition coefficient (Wildman–Crippen LogP) is 4.49. The fourth-order valence-corrected chi connectivity index (χ4v) is 4.63. The van der Waals surface area contributed by atoms with Crippen LogP contribution in [-0.4, -0.2) is 17.4 Å². The van der Waals surface area contributed by atoms with E-state index in [0.717, 1.165) is 23.0 Å². The summed E-state index contributed by atoms with van der Waals surface area (Å²) in [5.41, 5.74) is 3.60. The molecule has 1 aromatic heterocycles. The van der Waals surface area contributed by atoms with Crippen molar-refractivity contribution >= 4 is 17.6 Å². The van der Waals surface area contributed by atoms with Crippen LogP contribution < -0.4 is 4.80 Å². The fraction of sp³-hybridized carbons (Fsp3) is 0.400. The first kappa shape index (κ1) is 15.6. The lowest BCUT2D eigenvalue weighted by Gasteiger charge is -2.12. The number of allylic oxidation sites excluding steroid dienone is 2. The highest BCUT2D eigenvalue weighted by Gasteiger charge is 2.34. The Balaban J connectivity index is 1.70. The molecule has 4 heteroatoms. The lowest BCUT2D eigenvalue weighted by molar-refractivity contribution is 0.589. The molecule has 1 fully saturated rings. The Morgan fingerprint density at radius 3 is 2.71 bits per heavy atom. The van der Waals surface area contributed by atoms with Crippen LogP contribution in [0.2, 0.25) is 0 Å². The fourth-order valence-electron chi connectivity index (χ4n) is 3.72. The number of benzene rings is 1. The van der Waals surface area contributed by atoms with Gasteiger partial charge in [-0.1, -0.05) is 42.0 Å². The van der Waals surface area contributed by atoms with E-state index < -0.39 is 0 Å². The minimum absolute atomic E-state index is 0.577. The number of nitrogens with zero attached hydrogens (tertiary/aromatic N) is 3. The number of hydrogen-bond acceptors (Lipinski definition) is 3. The summed E-state index contributed by atoms with van der Waals surface area (Å²) in [6, 6.07) is 8.63. The lowest BCUT2D eigenvalue weighted by Crippen LogP contribution is -2.15. The lowest BCUT2D eigenvalue weighted by atomic mass is 9.95. The monoisotopic (exact) mass is 337 g/mol. The molecule has 2 aromatic rings. The van der Waals surface area contributed by atoms with E-state index >= 15 is 0 Å². The molecule has 124 valence electrons. The Kier molecular flexibility index (Phi) is 4.23. The molecule has 24 heavy (non-hydrogen) atoms. The Morgan fingerprint density at radius 1 is 1.21 bits per heavy atom. The van der Waals surface area contributed by atoms with Gasteiger partial charge in [-0.25, -0.2) is 4.68 Å². The third-order valence-electron chi connectivity index (χ3n) is 5.03. The van der Waals surface area contributed by atoms with Crippen LogP contribution in [0.5, 0.6) is 0 Å². The minimum atomic E-state index is 0.577. The molecule has 3 nitrogen and oxygen atoms in total. The molecular weight excluding hydrogens is 314 g/mol. The number of fused-ring (bicyclic) bond motifs is 2. The highest BCUT2D eigenvalue weighted by atomic mass is 32.1. The van der Waals surface area contributed by atoms with Crippen molar-refractivity contribution in [3.05, 3.63) is 52.2 Å². The van der Waals surface area contributed by atoms with Gasteiger partial charge >= 0.3 is 0 Å².